The first kappa shape index (κ1) is 27.2. The molecule has 1 amide bonds. The summed E-state index contributed by atoms with van der Waals surface area (Å²) in [6.07, 6.45) is 3.12. The van der Waals surface area contributed by atoms with E-state index in [0.29, 0.717) is 29.3 Å². The number of aryl methyl sites for hydroxylation is 1. The van der Waals surface area contributed by atoms with E-state index in [1.165, 1.54) is 0 Å². The Hall–Kier alpha value is -3.85. The van der Waals surface area contributed by atoms with Gasteiger partial charge in [-0.25, -0.2) is 13.4 Å². The van der Waals surface area contributed by atoms with E-state index in [4.69, 9.17) is 9.15 Å². The Bertz CT molecular complexity index is 1470. The summed E-state index contributed by atoms with van der Waals surface area (Å²) in [5.41, 5.74) is 2.77. The number of hydrogen-bond acceptors (Lipinski definition) is 6. The highest BCUT2D eigenvalue weighted by Crippen LogP contribution is 2.23. The van der Waals surface area contributed by atoms with Crippen molar-refractivity contribution < 1.29 is 22.4 Å². The average molecular weight is 536 g/mol. The fraction of sp³-hybridized carbons (Fsp3) is 0.310. The fourth-order valence-electron chi connectivity index (χ4n) is 4.27. The number of sulfone groups is 1. The molecule has 0 bridgehead atoms. The van der Waals surface area contributed by atoms with Crippen LogP contribution in [0.3, 0.4) is 0 Å². The topological polar surface area (TPSA) is 94.6 Å². The molecule has 0 atom stereocenters. The van der Waals surface area contributed by atoms with E-state index in [9.17, 15) is 13.2 Å². The number of ether oxygens (including phenoxy) is 1. The Labute approximate surface area is 223 Å². The van der Waals surface area contributed by atoms with Crippen molar-refractivity contribution in [3.63, 3.8) is 0 Å². The average Bonchev–Trinajstić information content (AvgIpc) is 3.55. The van der Waals surface area contributed by atoms with E-state index in [2.05, 4.69) is 4.98 Å². The summed E-state index contributed by atoms with van der Waals surface area (Å²) < 4.78 is 39.5. The molecule has 9 heteroatoms. The van der Waals surface area contributed by atoms with Crippen LogP contribution < -0.4 is 4.74 Å². The van der Waals surface area contributed by atoms with Gasteiger partial charge in [0, 0.05) is 12.1 Å². The zero-order chi connectivity index (χ0) is 27.3. The summed E-state index contributed by atoms with van der Waals surface area (Å²) in [5.74, 6) is 1.07. The Balaban J connectivity index is 1.69. The standard InChI is InChI=1S/C29H33N3O5S/c1-21(2)17-32-25(16-30-29(32)38(34,35)20-24-9-6-5-8-22(24)3)18-31(19-27-10-7-15-37-27)28(33)23-11-13-26(36-4)14-12-23/h5-16,21H,17-20H2,1-4H3. The van der Waals surface area contributed by atoms with Crippen LogP contribution in [0.25, 0.3) is 0 Å². The van der Waals surface area contributed by atoms with Gasteiger partial charge in [-0.2, -0.15) is 0 Å². The summed E-state index contributed by atoms with van der Waals surface area (Å²) in [5, 5.41) is 0.0132. The highest BCUT2D eigenvalue weighted by molar-refractivity contribution is 7.90. The third-order valence-electron chi connectivity index (χ3n) is 6.24. The number of benzene rings is 2. The highest BCUT2D eigenvalue weighted by atomic mass is 32.2. The van der Waals surface area contributed by atoms with E-state index in [1.54, 1.807) is 65.4 Å². The van der Waals surface area contributed by atoms with E-state index in [0.717, 1.165) is 11.1 Å². The monoisotopic (exact) mass is 535 g/mol. The van der Waals surface area contributed by atoms with E-state index < -0.39 is 9.84 Å². The van der Waals surface area contributed by atoms with Crippen molar-refractivity contribution in [2.75, 3.05) is 7.11 Å². The van der Waals surface area contributed by atoms with Crippen LogP contribution in [-0.4, -0.2) is 35.9 Å². The van der Waals surface area contributed by atoms with Gasteiger partial charge in [0.15, 0.2) is 0 Å². The molecule has 0 saturated carbocycles. The van der Waals surface area contributed by atoms with Crippen LogP contribution in [0.5, 0.6) is 5.75 Å². The molecular formula is C29H33N3O5S. The largest absolute Gasteiger partial charge is 0.497 e. The van der Waals surface area contributed by atoms with Gasteiger partial charge >= 0.3 is 0 Å². The first-order valence-electron chi connectivity index (χ1n) is 12.5. The van der Waals surface area contributed by atoms with E-state index >= 15 is 0 Å². The Morgan fingerprint density at radius 3 is 2.42 bits per heavy atom. The second kappa shape index (κ2) is 11.7. The van der Waals surface area contributed by atoms with Gasteiger partial charge in [-0.05, 0) is 60.4 Å². The summed E-state index contributed by atoms with van der Waals surface area (Å²) >= 11 is 0. The van der Waals surface area contributed by atoms with Gasteiger partial charge in [0.25, 0.3) is 5.91 Å². The molecule has 0 aliphatic rings. The quantitative estimate of drug-likeness (QED) is 0.260. The maximum atomic E-state index is 13.6. The highest BCUT2D eigenvalue weighted by Gasteiger charge is 2.27. The molecule has 0 aliphatic heterocycles. The third kappa shape index (κ3) is 6.34. The molecule has 0 fully saturated rings. The predicted octanol–water partition coefficient (Wildman–Crippen LogP) is 5.27. The Kier molecular flexibility index (Phi) is 8.36. The van der Waals surface area contributed by atoms with Gasteiger partial charge in [0.05, 0.1) is 44.1 Å². The number of methoxy groups -OCH3 is 1. The molecule has 0 spiro atoms. The maximum Gasteiger partial charge on any atom is 0.254 e. The number of furan rings is 1. The van der Waals surface area contributed by atoms with E-state index in [1.807, 2.05) is 45.0 Å². The lowest BCUT2D eigenvalue weighted by atomic mass is 10.1. The number of aromatic nitrogens is 2. The minimum Gasteiger partial charge on any atom is -0.497 e. The minimum absolute atomic E-state index is 0.0132. The van der Waals surface area contributed by atoms with Crippen molar-refractivity contribution in [2.45, 2.75) is 51.3 Å². The maximum absolute atomic E-state index is 13.6. The van der Waals surface area contributed by atoms with Gasteiger partial charge in [-0.1, -0.05) is 38.1 Å². The number of carbonyl (C=O) groups is 1. The smallest absolute Gasteiger partial charge is 0.254 e. The third-order valence-corrected chi connectivity index (χ3v) is 7.81. The van der Waals surface area contributed by atoms with Crippen LogP contribution in [0, 0.1) is 12.8 Å². The molecule has 8 nitrogen and oxygen atoms in total. The zero-order valence-corrected chi connectivity index (χ0v) is 22.9. The lowest BCUT2D eigenvalue weighted by Crippen LogP contribution is -2.31. The lowest BCUT2D eigenvalue weighted by molar-refractivity contribution is 0.0712. The van der Waals surface area contributed by atoms with Crippen LogP contribution in [0.1, 0.15) is 46.8 Å². The summed E-state index contributed by atoms with van der Waals surface area (Å²) in [4.78, 5) is 19.6. The SMILES string of the molecule is COc1ccc(C(=O)N(Cc2ccco2)Cc2cnc(S(=O)(=O)Cc3ccccc3C)n2CC(C)C)cc1. The molecule has 38 heavy (non-hydrogen) atoms. The molecule has 4 aromatic rings. The van der Waals surface area contributed by atoms with Crippen LogP contribution in [0.15, 0.2) is 82.7 Å². The van der Waals surface area contributed by atoms with Gasteiger partial charge in [-0.15, -0.1) is 0 Å². The van der Waals surface area contributed by atoms with Crippen LogP contribution >= 0.6 is 0 Å². The molecule has 0 N–H and O–H groups in total. The molecule has 0 aliphatic carbocycles. The first-order valence-corrected chi connectivity index (χ1v) is 14.1. The van der Waals surface area contributed by atoms with Crippen molar-refractivity contribution in [3.8, 4) is 5.75 Å². The zero-order valence-electron chi connectivity index (χ0n) is 22.1. The fourth-order valence-corrected chi connectivity index (χ4v) is 5.87. The predicted molar refractivity (Wildman–Crippen MR) is 144 cm³/mol. The lowest BCUT2D eigenvalue weighted by Gasteiger charge is -2.23. The summed E-state index contributed by atoms with van der Waals surface area (Å²) in [6.45, 7) is 6.76. The molecule has 2 aromatic carbocycles. The van der Waals surface area contributed by atoms with Crippen LogP contribution in [-0.2, 0) is 35.2 Å². The van der Waals surface area contributed by atoms with Crippen LogP contribution in [0.2, 0.25) is 0 Å². The number of carbonyl (C=O) groups excluding carboxylic acids is 1. The first-order chi connectivity index (χ1) is 18.2. The number of rotatable bonds is 11. The summed E-state index contributed by atoms with van der Waals surface area (Å²) in [6, 6.07) is 17.9. The van der Waals surface area contributed by atoms with Crippen LogP contribution in [0.4, 0.5) is 0 Å². The van der Waals surface area contributed by atoms with E-state index in [-0.39, 0.29) is 35.8 Å². The molecule has 4 rings (SSSR count). The van der Waals surface area contributed by atoms with Gasteiger partial charge in [-0.3, -0.25) is 4.79 Å². The van der Waals surface area contributed by atoms with Gasteiger partial charge in [0.2, 0.25) is 15.0 Å². The number of hydrogen-bond donors (Lipinski definition) is 0. The number of amides is 1. The second-order valence-corrected chi connectivity index (χ2v) is 11.6. The molecule has 2 aromatic heterocycles. The molecule has 2 heterocycles. The molecule has 200 valence electrons. The van der Waals surface area contributed by atoms with Crippen molar-refractivity contribution >= 4 is 15.7 Å². The van der Waals surface area contributed by atoms with Crippen molar-refractivity contribution in [1.82, 2.24) is 14.5 Å². The Morgan fingerprint density at radius 2 is 1.79 bits per heavy atom. The van der Waals surface area contributed by atoms with Gasteiger partial charge in [0.1, 0.15) is 11.5 Å². The second-order valence-electron chi connectivity index (χ2n) is 9.69. The summed E-state index contributed by atoms with van der Waals surface area (Å²) in [7, 11) is -2.17. The normalized spacial score (nSPS) is 11.6. The van der Waals surface area contributed by atoms with Crippen molar-refractivity contribution in [3.05, 3.63) is 101 Å². The van der Waals surface area contributed by atoms with Crippen molar-refractivity contribution in [1.29, 1.82) is 0 Å². The molecule has 0 radical (unpaired) electrons. The molecular weight excluding hydrogens is 502 g/mol. The van der Waals surface area contributed by atoms with Gasteiger partial charge < -0.3 is 18.6 Å². The molecule has 0 unspecified atom stereocenters. The number of nitrogens with zero attached hydrogens (tertiary/aromatic N) is 3. The molecule has 0 saturated heterocycles. The number of imidazole rings is 1. The van der Waals surface area contributed by atoms with Crippen molar-refractivity contribution in [2.24, 2.45) is 5.92 Å². The Morgan fingerprint density at radius 1 is 1.05 bits per heavy atom. The minimum atomic E-state index is -3.74.